The molecule has 1 atom stereocenters. The molecule has 1 amide bonds. The fourth-order valence-electron chi connectivity index (χ4n) is 1.14. The predicted octanol–water partition coefficient (Wildman–Crippen LogP) is 1.42. The molecule has 16 heavy (non-hydrogen) atoms. The highest BCUT2D eigenvalue weighted by atomic mass is 32.1. The maximum atomic E-state index is 11.6. The molecular weight excluding hydrogens is 224 g/mol. The number of ketones is 1. The molecule has 5 heteroatoms. The largest absolute Gasteiger partial charge is 0.351 e. The van der Waals surface area contributed by atoms with Crippen LogP contribution in [0, 0.1) is 0 Å². The number of carbonyl (C=O) groups is 2. The van der Waals surface area contributed by atoms with Crippen molar-refractivity contribution in [2.24, 2.45) is 5.73 Å². The molecule has 0 saturated heterocycles. The normalized spacial score (nSPS) is 12.2. The van der Waals surface area contributed by atoms with Crippen LogP contribution in [0.3, 0.4) is 0 Å². The summed E-state index contributed by atoms with van der Waals surface area (Å²) in [5.41, 5.74) is 6.15. The summed E-state index contributed by atoms with van der Waals surface area (Å²) in [6, 6.07) is 1.70. The molecule has 88 valence electrons. The molecule has 1 unspecified atom stereocenters. The number of thiophene rings is 1. The van der Waals surface area contributed by atoms with Gasteiger partial charge in [-0.05, 0) is 26.3 Å². The van der Waals surface area contributed by atoms with Gasteiger partial charge in [-0.2, -0.15) is 0 Å². The molecule has 3 N–H and O–H groups in total. The van der Waals surface area contributed by atoms with Gasteiger partial charge in [0.25, 0.3) is 5.91 Å². The van der Waals surface area contributed by atoms with Crippen LogP contribution in [0.25, 0.3) is 0 Å². The van der Waals surface area contributed by atoms with Crippen LogP contribution in [0.5, 0.6) is 0 Å². The second kappa shape index (κ2) is 5.77. The Morgan fingerprint density at radius 1 is 1.56 bits per heavy atom. The van der Waals surface area contributed by atoms with E-state index in [9.17, 15) is 9.59 Å². The van der Waals surface area contributed by atoms with Crippen LogP contribution in [0.4, 0.5) is 0 Å². The van der Waals surface area contributed by atoms with Crippen molar-refractivity contribution >= 4 is 23.0 Å². The van der Waals surface area contributed by atoms with E-state index in [0.29, 0.717) is 17.0 Å². The topological polar surface area (TPSA) is 72.2 Å². The number of hydrogen-bond acceptors (Lipinski definition) is 4. The van der Waals surface area contributed by atoms with E-state index in [1.165, 1.54) is 18.3 Å². The zero-order valence-electron chi connectivity index (χ0n) is 9.45. The van der Waals surface area contributed by atoms with Crippen molar-refractivity contribution in [3.8, 4) is 0 Å². The van der Waals surface area contributed by atoms with Crippen LogP contribution in [-0.4, -0.2) is 24.3 Å². The summed E-state index contributed by atoms with van der Waals surface area (Å²) in [5, 5.41) is 4.46. The quantitative estimate of drug-likeness (QED) is 0.764. The Balaban J connectivity index is 2.50. The number of rotatable bonds is 5. The average molecular weight is 240 g/mol. The van der Waals surface area contributed by atoms with Gasteiger partial charge in [0, 0.05) is 23.5 Å². The van der Waals surface area contributed by atoms with Gasteiger partial charge in [0.2, 0.25) is 0 Å². The standard InChI is InChI=1S/C11H16N2O2S/c1-7(12)3-4-13-11(15)10-5-9(6-16-10)8(2)14/h5-7H,3-4,12H2,1-2H3,(H,13,15). The van der Waals surface area contributed by atoms with E-state index in [1.54, 1.807) is 11.4 Å². The molecule has 1 aromatic heterocycles. The number of Topliss-reactive ketones (excluding diaryl/α,β-unsaturated/α-hetero) is 1. The Bertz CT molecular complexity index is 385. The summed E-state index contributed by atoms with van der Waals surface area (Å²) >= 11 is 1.28. The third-order valence-corrected chi connectivity index (χ3v) is 3.04. The predicted molar refractivity (Wildman–Crippen MR) is 64.9 cm³/mol. The first-order valence-electron chi connectivity index (χ1n) is 5.14. The van der Waals surface area contributed by atoms with E-state index in [2.05, 4.69) is 5.32 Å². The van der Waals surface area contributed by atoms with Crippen LogP contribution in [0.1, 0.15) is 40.3 Å². The Kier molecular flexibility index (Phi) is 4.64. The van der Waals surface area contributed by atoms with E-state index in [4.69, 9.17) is 5.73 Å². The van der Waals surface area contributed by atoms with Crippen molar-refractivity contribution < 1.29 is 9.59 Å². The number of nitrogens with one attached hydrogen (secondary N) is 1. The van der Waals surface area contributed by atoms with Crippen molar-refractivity contribution in [2.75, 3.05) is 6.54 Å². The van der Waals surface area contributed by atoms with Gasteiger partial charge >= 0.3 is 0 Å². The van der Waals surface area contributed by atoms with Crippen molar-refractivity contribution in [1.82, 2.24) is 5.32 Å². The Hall–Kier alpha value is -1.20. The first-order valence-corrected chi connectivity index (χ1v) is 6.02. The van der Waals surface area contributed by atoms with E-state index < -0.39 is 0 Å². The van der Waals surface area contributed by atoms with Gasteiger partial charge < -0.3 is 11.1 Å². The molecule has 0 aliphatic carbocycles. The second-order valence-electron chi connectivity index (χ2n) is 3.78. The summed E-state index contributed by atoms with van der Waals surface area (Å²) < 4.78 is 0. The monoisotopic (exact) mass is 240 g/mol. The van der Waals surface area contributed by atoms with Gasteiger partial charge in [-0.15, -0.1) is 11.3 Å². The van der Waals surface area contributed by atoms with E-state index in [1.807, 2.05) is 6.92 Å². The first-order chi connectivity index (χ1) is 7.50. The van der Waals surface area contributed by atoms with Crippen LogP contribution < -0.4 is 11.1 Å². The van der Waals surface area contributed by atoms with E-state index >= 15 is 0 Å². The van der Waals surface area contributed by atoms with Gasteiger partial charge in [-0.25, -0.2) is 0 Å². The van der Waals surface area contributed by atoms with Crippen molar-refractivity contribution in [3.63, 3.8) is 0 Å². The third kappa shape index (κ3) is 3.75. The molecule has 0 aliphatic rings. The first kappa shape index (κ1) is 12.9. The van der Waals surface area contributed by atoms with Crippen LogP contribution in [0.15, 0.2) is 11.4 Å². The SMILES string of the molecule is CC(=O)c1csc(C(=O)NCCC(C)N)c1. The lowest BCUT2D eigenvalue weighted by Crippen LogP contribution is -2.28. The third-order valence-electron chi connectivity index (χ3n) is 2.12. The molecular formula is C11H16N2O2S. The molecule has 0 fully saturated rings. The highest BCUT2D eigenvalue weighted by molar-refractivity contribution is 7.12. The zero-order valence-corrected chi connectivity index (χ0v) is 10.3. The Morgan fingerprint density at radius 3 is 2.75 bits per heavy atom. The van der Waals surface area contributed by atoms with Gasteiger partial charge in [0.15, 0.2) is 5.78 Å². The smallest absolute Gasteiger partial charge is 0.261 e. The number of amides is 1. The summed E-state index contributed by atoms with van der Waals surface area (Å²) in [4.78, 5) is 23.2. The molecule has 1 heterocycles. The summed E-state index contributed by atoms with van der Waals surface area (Å²) in [7, 11) is 0. The molecule has 0 spiro atoms. The molecule has 1 aromatic rings. The zero-order chi connectivity index (χ0) is 12.1. The van der Waals surface area contributed by atoms with Crippen molar-refractivity contribution in [3.05, 3.63) is 21.9 Å². The number of nitrogens with two attached hydrogens (primary N) is 1. The highest BCUT2D eigenvalue weighted by Crippen LogP contribution is 2.14. The lowest BCUT2D eigenvalue weighted by atomic mass is 10.2. The molecule has 1 rings (SSSR count). The number of carbonyl (C=O) groups excluding carboxylic acids is 2. The minimum absolute atomic E-state index is 0.0223. The Labute approximate surface area is 98.8 Å². The van der Waals surface area contributed by atoms with Crippen LogP contribution in [-0.2, 0) is 0 Å². The molecule has 4 nitrogen and oxygen atoms in total. The van der Waals surface area contributed by atoms with Crippen molar-refractivity contribution in [2.45, 2.75) is 26.3 Å². The summed E-state index contributed by atoms with van der Waals surface area (Å²) in [6.45, 7) is 3.94. The van der Waals surface area contributed by atoms with Gasteiger partial charge in [0.1, 0.15) is 0 Å². The minimum atomic E-state index is -0.141. The highest BCUT2D eigenvalue weighted by Gasteiger charge is 2.10. The minimum Gasteiger partial charge on any atom is -0.351 e. The van der Waals surface area contributed by atoms with Gasteiger partial charge in [0.05, 0.1) is 4.88 Å². The maximum Gasteiger partial charge on any atom is 0.261 e. The maximum absolute atomic E-state index is 11.6. The van der Waals surface area contributed by atoms with E-state index in [-0.39, 0.29) is 17.7 Å². The lowest BCUT2D eigenvalue weighted by Gasteiger charge is -2.05. The molecule has 0 aliphatic heterocycles. The van der Waals surface area contributed by atoms with Gasteiger partial charge in [-0.1, -0.05) is 0 Å². The lowest BCUT2D eigenvalue weighted by molar-refractivity contribution is 0.0956. The summed E-state index contributed by atoms with van der Waals surface area (Å²) in [6.07, 6.45) is 0.747. The van der Waals surface area contributed by atoms with Gasteiger partial charge in [-0.3, -0.25) is 9.59 Å². The average Bonchev–Trinajstić information content (AvgIpc) is 2.65. The second-order valence-corrected chi connectivity index (χ2v) is 4.69. The Morgan fingerprint density at radius 2 is 2.25 bits per heavy atom. The van der Waals surface area contributed by atoms with Crippen LogP contribution >= 0.6 is 11.3 Å². The molecule has 0 bridgehead atoms. The molecule has 0 radical (unpaired) electrons. The number of hydrogen-bond donors (Lipinski definition) is 2. The molecule has 0 aromatic carbocycles. The molecule has 0 saturated carbocycles. The van der Waals surface area contributed by atoms with Crippen LogP contribution in [0.2, 0.25) is 0 Å². The fourth-order valence-corrected chi connectivity index (χ4v) is 2.00. The van der Waals surface area contributed by atoms with E-state index in [0.717, 1.165) is 6.42 Å². The fraction of sp³-hybridized carbons (Fsp3) is 0.455. The van der Waals surface area contributed by atoms with Crippen molar-refractivity contribution in [1.29, 1.82) is 0 Å². The summed E-state index contributed by atoms with van der Waals surface area (Å²) in [5.74, 6) is -0.163.